The third-order valence-electron chi connectivity index (χ3n) is 3.60. The topological polar surface area (TPSA) is 94.2 Å². The van der Waals surface area contributed by atoms with Crippen LogP contribution >= 0.6 is 11.6 Å². The molecule has 1 fully saturated rings. The lowest BCUT2D eigenvalue weighted by molar-refractivity contribution is 0.176. The quantitative estimate of drug-likeness (QED) is 0.880. The van der Waals surface area contributed by atoms with Gasteiger partial charge in [0.05, 0.1) is 28.4 Å². The van der Waals surface area contributed by atoms with Crippen LogP contribution in [0.1, 0.15) is 12.0 Å². The summed E-state index contributed by atoms with van der Waals surface area (Å²) < 4.78 is 1.53. The van der Waals surface area contributed by atoms with E-state index in [2.05, 4.69) is 10.4 Å². The number of β-amino-alcohol motifs (C(OH)–C–C–N with tert-alkyl or cyclic N) is 1. The number of carbonyl (C=O) groups is 1. The molecule has 0 aliphatic carbocycles. The molecule has 1 aliphatic rings. The summed E-state index contributed by atoms with van der Waals surface area (Å²) in [6, 6.07) is 8.27. The van der Waals surface area contributed by atoms with E-state index in [1.807, 2.05) is 6.07 Å². The van der Waals surface area contributed by atoms with Crippen molar-refractivity contribution in [2.45, 2.75) is 12.5 Å². The first-order valence-electron chi connectivity index (χ1n) is 7.06. The van der Waals surface area contributed by atoms with Gasteiger partial charge in [-0.15, -0.1) is 5.10 Å². The Hall–Kier alpha value is -2.56. The Morgan fingerprint density at radius 2 is 2.30 bits per heavy atom. The lowest BCUT2D eigenvalue weighted by Crippen LogP contribution is -2.33. The molecule has 7 nitrogen and oxygen atoms in total. The van der Waals surface area contributed by atoms with Gasteiger partial charge in [-0.25, -0.2) is 9.48 Å². The highest BCUT2D eigenvalue weighted by atomic mass is 35.5. The minimum atomic E-state index is -0.462. The van der Waals surface area contributed by atoms with Gasteiger partial charge in [-0.1, -0.05) is 11.6 Å². The number of aromatic nitrogens is 2. The van der Waals surface area contributed by atoms with Crippen LogP contribution in [0, 0.1) is 11.3 Å². The van der Waals surface area contributed by atoms with E-state index in [0.717, 1.165) is 0 Å². The first-order chi connectivity index (χ1) is 11.1. The zero-order valence-electron chi connectivity index (χ0n) is 12.1. The summed E-state index contributed by atoms with van der Waals surface area (Å²) in [5, 5.41) is 25.6. The molecule has 2 heterocycles. The molecular formula is C15H14ClN5O2. The van der Waals surface area contributed by atoms with Gasteiger partial charge < -0.3 is 10.0 Å². The highest BCUT2D eigenvalue weighted by molar-refractivity contribution is 6.32. The van der Waals surface area contributed by atoms with Crippen LogP contribution in [0.4, 0.5) is 10.6 Å². The van der Waals surface area contributed by atoms with Crippen molar-refractivity contribution in [3.63, 3.8) is 0 Å². The SMILES string of the molecule is N#Cc1ccc(-n2ccc(NC(=O)N3CCC(O)C3)n2)c(Cl)c1. The molecule has 0 spiro atoms. The Morgan fingerprint density at radius 1 is 1.48 bits per heavy atom. The number of nitriles is 1. The van der Waals surface area contributed by atoms with Crippen LogP contribution in [0.25, 0.3) is 5.69 Å². The first kappa shape index (κ1) is 15.3. The second kappa shape index (κ2) is 6.28. The molecule has 118 valence electrons. The maximum absolute atomic E-state index is 12.0. The zero-order valence-corrected chi connectivity index (χ0v) is 12.9. The van der Waals surface area contributed by atoms with E-state index < -0.39 is 6.10 Å². The van der Waals surface area contributed by atoms with Gasteiger partial charge in [0, 0.05) is 25.4 Å². The number of hydrogen-bond acceptors (Lipinski definition) is 4. The molecule has 8 heteroatoms. The van der Waals surface area contributed by atoms with Crippen molar-refractivity contribution in [3.05, 3.63) is 41.0 Å². The predicted molar refractivity (Wildman–Crippen MR) is 84.5 cm³/mol. The van der Waals surface area contributed by atoms with E-state index in [0.29, 0.717) is 41.6 Å². The van der Waals surface area contributed by atoms with Crippen molar-refractivity contribution in [1.82, 2.24) is 14.7 Å². The fourth-order valence-corrected chi connectivity index (χ4v) is 2.67. The number of rotatable bonds is 2. The Morgan fingerprint density at radius 3 is 2.96 bits per heavy atom. The van der Waals surface area contributed by atoms with Crippen LogP contribution in [-0.2, 0) is 0 Å². The van der Waals surface area contributed by atoms with Gasteiger partial charge >= 0.3 is 6.03 Å². The van der Waals surface area contributed by atoms with Crippen molar-refractivity contribution in [2.75, 3.05) is 18.4 Å². The number of carbonyl (C=O) groups excluding carboxylic acids is 1. The van der Waals surface area contributed by atoms with Crippen LogP contribution in [0.3, 0.4) is 0 Å². The second-order valence-corrected chi connectivity index (χ2v) is 5.65. The summed E-state index contributed by atoms with van der Waals surface area (Å²) in [5.74, 6) is 0.386. The van der Waals surface area contributed by atoms with Gasteiger partial charge in [-0.05, 0) is 24.6 Å². The standard InChI is InChI=1S/C15H14ClN5O2/c16-12-7-10(8-17)1-2-13(12)21-6-4-14(19-21)18-15(23)20-5-3-11(22)9-20/h1-2,4,6-7,11,22H,3,5,9H2,(H,18,19,23). The van der Waals surface area contributed by atoms with Crippen LogP contribution in [0.5, 0.6) is 0 Å². The number of nitrogens with zero attached hydrogens (tertiary/aromatic N) is 4. The number of aliphatic hydroxyl groups is 1. The van der Waals surface area contributed by atoms with Crippen LogP contribution in [-0.4, -0.2) is 45.0 Å². The highest BCUT2D eigenvalue weighted by Crippen LogP contribution is 2.22. The first-order valence-corrected chi connectivity index (χ1v) is 7.44. The third kappa shape index (κ3) is 3.28. The van der Waals surface area contributed by atoms with Crippen molar-refractivity contribution >= 4 is 23.4 Å². The molecule has 3 rings (SSSR count). The van der Waals surface area contributed by atoms with Gasteiger partial charge in [0.15, 0.2) is 5.82 Å². The second-order valence-electron chi connectivity index (χ2n) is 5.24. The molecule has 0 saturated carbocycles. The molecule has 2 N–H and O–H groups in total. The number of hydrogen-bond donors (Lipinski definition) is 2. The lowest BCUT2D eigenvalue weighted by Gasteiger charge is -2.15. The fraction of sp³-hybridized carbons (Fsp3) is 0.267. The minimum Gasteiger partial charge on any atom is -0.391 e. The normalized spacial score (nSPS) is 17.1. The van der Waals surface area contributed by atoms with Crippen LogP contribution < -0.4 is 5.32 Å². The van der Waals surface area contributed by atoms with Gasteiger partial charge in [0.1, 0.15) is 0 Å². The maximum Gasteiger partial charge on any atom is 0.323 e. The Labute approximate surface area is 137 Å². The molecule has 0 bridgehead atoms. The van der Waals surface area contributed by atoms with Crippen molar-refractivity contribution in [1.29, 1.82) is 5.26 Å². The molecule has 1 aliphatic heterocycles. The van der Waals surface area contributed by atoms with Gasteiger partial charge in [0.25, 0.3) is 0 Å². The summed E-state index contributed by atoms with van der Waals surface area (Å²) >= 11 is 6.14. The molecule has 1 saturated heterocycles. The number of anilines is 1. The van der Waals surface area contributed by atoms with Crippen molar-refractivity contribution in [3.8, 4) is 11.8 Å². The summed E-state index contributed by atoms with van der Waals surface area (Å²) in [7, 11) is 0. The van der Waals surface area contributed by atoms with E-state index >= 15 is 0 Å². The number of nitrogens with one attached hydrogen (secondary N) is 1. The van der Waals surface area contributed by atoms with E-state index in [1.165, 1.54) is 4.68 Å². The largest absolute Gasteiger partial charge is 0.391 e. The maximum atomic E-state index is 12.0. The molecule has 1 atom stereocenters. The summed E-state index contributed by atoms with van der Waals surface area (Å²) in [6.45, 7) is 0.850. The summed E-state index contributed by atoms with van der Waals surface area (Å²) in [6.07, 6.45) is 1.79. The Balaban J connectivity index is 1.73. The summed E-state index contributed by atoms with van der Waals surface area (Å²) in [5.41, 5.74) is 1.08. The Bertz CT molecular complexity index is 782. The number of urea groups is 1. The van der Waals surface area contributed by atoms with Crippen LogP contribution in [0.2, 0.25) is 5.02 Å². The van der Waals surface area contributed by atoms with Crippen molar-refractivity contribution < 1.29 is 9.90 Å². The number of amides is 2. The monoisotopic (exact) mass is 331 g/mol. The van der Waals surface area contributed by atoms with Gasteiger partial charge in [-0.2, -0.15) is 5.26 Å². The molecule has 1 aromatic carbocycles. The molecule has 0 radical (unpaired) electrons. The molecule has 1 unspecified atom stereocenters. The molecule has 1 aromatic heterocycles. The smallest absolute Gasteiger partial charge is 0.323 e. The average molecular weight is 332 g/mol. The number of benzene rings is 1. The number of likely N-dealkylation sites (tertiary alicyclic amines) is 1. The average Bonchev–Trinajstić information content (AvgIpc) is 3.16. The number of aliphatic hydroxyl groups excluding tert-OH is 1. The van der Waals surface area contributed by atoms with Gasteiger partial charge in [0.2, 0.25) is 0 Å². The van der Waals surface area contributed by atoms with E-state index in [4.69, 9.17) is 16.9 Å². The van der Waals surface area contributed by atoms with E-state index in [-0.39, 0.29) is 6.03 Å². The predicted octanol–water partition coefficient (Wildman–Crippen LogP) is 2.00. The Kier molecular flexibility index (Phi) is 4.19. The van der Waals surface area contributed by atoms with E-state index in [9.17, 15) is 9.90 Å². The molecule has 2 aromatic rings. The van der Waals surface area contributed by atoms with E-state index in [1.54, 1.807) is 35.4 Å². The van der Waals surface area contributed by atoms with Gasteiger partial charge in [-0.3, -0.25) is 5.32 Å². The molecule has 23 heavy (non-hydrogen) atoms. The highest BCUT2D eigenvalue weighted by Gasteiger charge is 2.24. The zero-order chi connectivity index (χ0) is 16.4. The molecule has 2 amide bonds. The molecular weight excluding hydrogens is 318 g/mol. The lowest BCUT2D eigenvalue weighted by atomic mass is 10.2. The summed E-state index contributed by atoms with van der Waals surface area (Å²) in [4.78, 5) is 13.6. The third-order valence-corrected chi connectivity index (χ3v) is 3.90. The van der Waals surface area contributed by atoms with Crippen LogP contribution in [0.15, 0.2) is 30.5 Å². The minimum absolute atomic E-state index is 0.294. The fourth-order valence-electron chi connectivity index (χ4n) is 2.40. The van der Waals surface area contributed by atoms with Crippen molar-refractivity contribution in [2.24, 2.45) is 0 Å². The number of halogens is 1.